The first-order valence-electron chi connectivity index (χ1n) is 8.31. The molecule has 1 rings (SSSR count). The zero-order valence-electron chi connectivity index (χ0n) is 15.1. The fraction of sp³-hybridized carbons (Fsp3) is 0.706. The maximum absolute atomic E-state index is 12.2. The van der Waals surface area contributed by atoms with Crippen molar-refractivity contribution in [1.29, 1.82) is 0 Å². The third-order valence-electron chi connectivity index (χ3n) is 3.93. The van der Waals surface area contributed by atoms with E-state index in [9.17, 15) is 18.7 Å². The van der Waals surface area contributed by atoms with Gasteiger partial charge in [-0.2, -0.15) is 8.78 Å². The molecule has 0 amide bonds. The summed E-state index contributed by atoms with van der Waals surface area (Å²) in [5.74, 6) is -0.433. The standard InChI is InChI=1S/C17H29F2N2O4/c1-21(2,3)14(12-25-17(18)19)15(22)9-20-10-16(23)24-11-13-7-5-4-6-8-13/h5,7-8,14-15,17,20,22H,4,6,9-12H2,1-3H3/q+1. The number of ether oxygens (including phenoxy) is 2. The number of quaternary nitrogens is 1. The molecule has 0 aromatic rings. The summed E-state index contributed by atoms with van der Waals surface area (Å²) in [4.78, 5) is 11.7. The molecular weight excluding hydrogens is 334 g/mol. The average molecular weight is 363 g/mol. The number of likely N-dealkylation sites (N-methyl/N-ethyl adjacent to an activating group) is 1. The van der Waals surface area contributed by atoms with Crippen LogP contribution in [-0.2, 0) is 14.3 Å². The van der Waals surface area contributed by atoms with Crippen molar-refractivity contribution in [2.45, 2.75) is 31.6 Å². The average Bonchev–Trinajstić information content (AvgIpc) is 2.52. The van der Waals surface area contributed by atoms with Crippen LogP contribution in [-0.4, -0.2) is 81.8 Å². The van der Waals surface area contributed by atoms with Crippen molar-refractivity contribution < 1.29 is 32.6 Å². The fourth-order valence-corrected chi connectivity index (χ4v) is 2.47. The Hall–Kier alpha value is -1.35. The topological polar surface area (TPSA) is 67.8 Å². The molecule has 0 fully saturated rings. The Balaban J connectivity index is 2.32. The summed E-state index contributed by atoms with van der Waals surface area (Å²) in [6.45, 7) is -2.93. The summed E-state index contributed by atoms with van der Waals surface area (Å²) in [5.41, 5.74) is 0.967. The van der Waals surface area contributed by atoms with Gasteiger partial charge in [0.15, 0.2) is 0 Å². The van der Waals surface area contributed by atoms with Crippen LogP contribution in [0.1, 0.15) is 12.8 Å². The molecule has 0 spiro atoms. The van der Waals surface area contributed by atoms with Crippen molar-refractivity contribution in [3.8, 4) is 0 Å². The van der Waals surface area contributed by atoms with Gasteiger partial charge in [-0.1, -0.05) is 18.2 Å². The molecule has 25 heavy (non-hydrogen) atoms. The van der Waals surface area contributed by atoms with Crippen LogP contribution in [0.25, 0.3) is 0 Å². The number of nitrogens with zero attached hydrogens (tertiary/aromatic N) is 1. The van der Waals surface area contributed by atoms with Crippen molar-refractivity contribution in [3.63, 3.8) is 0 Å². The number of nitrogens with one attached hydrogen (secondary N) is 1. The van der Waals surface area contributed by atoms with E-state index in [4.69, 9.17) is 4.74 Å². The van der Waals surface area contributed by atoms with Gasteiger partial charge < -0.3 is 24.4 Å². The number of carbonyl (C=O) groups excluding carboxylic acids is 1. The highest BCUT2D eigenvalue weighted by molar-refractivity contribution is 5.71. The maximum Gasteiger partial charge on any atom is 0.345 e. The van der Waals surface area contributed by atoms with Gasteiger partial charge in [0, 0.05) is 6.54 Å². The molecule has 144 valence electrons. The van der Waals surface area contributed by atoms with Crippen molar-refractivity contribution in [2.24, 2.45) is 0 Å². The van der Waals surface area contributed by atoms with Crippen LogP contribution >= 0.6 is 0 Å². The quantitative estimate of drug-likeness (QED) is 0.425. The zero-order chi connectivity index (χ0) is 18.9. The molecule has 2 unspecified atom stereocenters. The Morgan fingerprint density at radius 1 is 1.36 bits per heavy atom. The predicted octanol–water partition coefficient (Wildman–Crippen LogP) is 1.07. The fourth-order valence-electron chi connectivity index (χ4n) is 2.47. The highest BCUT2D eigenvalue weighted by Crippen LogP contribution is 2.11. The molecule has 0 aliphatic heterocycles. The second-order valence-corrected chi connectivity index (χ2v) is 6.90. The molecule has 0 heterocycles. The lowest BCUT2D eigenvalue weighted by molar-refractivity contribution is -0.900. The van der Waals surface area contributed by atoms with E-state index in [0.29, 0.717) is 0 Å². The predicted molar refractivity (Wildman–Crippen MR) is 90.1 cm³/mol. The monoisotopic (exact) mass is 363 g/mol. The molecule has 0 radical (unpaired) electrons. The Labute approximate surface area is 147 Å². The van der Waals surface area contributed by atoms with E-state index in [1.165, 1.54) is 0 Å². The van der Waals surface area contributed by atoms with E-state index in [1.807, 2.05) is 18.2 Å². The highest BCUT2D eigenvalue weighted by Gasteiger charge is 2.32. The molecule has 1 aliphatic carbocycles. The third-order valence-corrected chi connectivity index (χ3v) is 3.93. The van der Waals surface area contributed by atoms with E-state index < -0.39 is 24.7 Å². The number of aliphatic hydroxyl groups excluding tert-OH is 1. The summed E-state index contributed by atoms with van der Waals surface area (Å²) >= 11 is 0. The van der Waals surface area contributed by atoms with E-state index in [-0.39, 0.29) is 30.8 Å². The molecular formula is C17H29F2N2O4+. The number of rotatable bonds is 11. The number of hydrogen-bond acceptors (Lipinski definition) is 5. The van der Waals surface area contributed by atoms with Crippen LogP contribution in [0.4, 0.5) is 8.78 Å². The molecule has 6 nitrogen and oxygen atoms in total. The molecule has 0 bridgehead atoms. The lowest BCUT2D eigenvalue weighted by Gasteiger charge is -2.36. The zero-order valence-corrected chi connectivity index (χ0v) is 15.1. The second-order valence-electron chi connectivity index (χ2n) is 6.90. The van der Waals surface area contributed by atoms with Gasteiger partial charge in [-0.15, -0.1) is 0 Å². The van der Waals surface area contributed by atoms with Crippen LogP contribution in [0.2, 0.25) is 0 Å². The summed E-state index contributed by atoms with van der Waals surface area (Å²) in [6, 6.07) is -0.560. The third kappa shape index (κ3) is 9.06. The summed E-state index contributed by atoms with van der Waals surface area (Å²) in [6.07, 6.45) is 6.99. The summed E-state index contributed by atoms with van der Waals surface area (Å²) in [5, 5.41) is 13.0. The van der Waals surface area contributed by atoms with Crippen LogP contribution in [0.5, 0.6) is 0 Å². The largest absolute Gasteiger partial charge is 0.460 e. The van der Waals surface area contributed by atoms with Crippen molar-refractivity contribution in [1.82, 2.24) is 5.32 Å². The first-order valence-corrected chi connectivity index (χ1v) is 8.31. The van der Waals surface area contributed by atoms with Gasteiger partial charge in [0.05, 0.1) is 27.7 Å². The van der Waals surface area contributed by atoms with Crippen molar-refractivity contribution in [3.05, 3.63) is 23.8 Å². The molecule has 0 aromatic carbocycles. The molecule has 2 atom stereocenters. The number of aliphatic hydroxyl groups is 1. The summed E-state index contributed by atoms with van der Waals surface area (Å²) in [7, 11) is 5.34. The molecule has 8 heteroatoms. The van der Waals surface area contributed by atoms with E-state index in [0.717, 1.165) is 18.4 Å². The van der Waals surface area contributed by atoms with Gasteiger partial charge in [-0.25, -0.2) is 0 Å². The van der Waals surface area contributed by atoms with Crippen molar-refractivity contribution >= 4 is 5.97 Å². The lowest BCUT2D eigenvalue weighted by atomic mass is 10.1. The molecule has 2 N–H and O–H groups in total. The Kier molecular flexibility index (Phi) is 9.20. The highest BCUT2D eigenvalue weighted by atomic mass is 19.3. The minimum Gasteiger partial charge on any atom is -0.460 e. The Bertz CT molecular complexity index is 476. The Morgan fingerprint density at radius 3 is 2.64 bits per heavy atom. The van der Waals surface area contributed by atoms with E-state index in [1.54, 1.807) is 21.1 Å². The molecule has 0 saturated heterocycles. The number of carbonyl (C=O) groups is 1. The first kappa shape index (κ1) is 21.7. The smallest absolute Gasteiger partial charge is 0.345 e. The normalized spacial score (nSPS) is 17.3. The maximum atomic E-state index is 12.2. The first-order chi connectivity index (χ1) is 11.7. The van der Waals surface area contributed by atoms with E-state index >= 15 is 0 Å². The van der Waals surface area contributed by atoms with Crippen LogP contribution in [0.3, 0.4) is 0 Å². The van der Waals surface area contributed by atoms with Gasteiger partial charge in [0.2, 0.25) is 0 Å². The van der Waals surface area contributed by atoms with Gasteiger partial charge in [0.1, 0.15) is 25.4 Å². The van der Waals surface area contributed by atoms with Crippen molar-refractivity contribution in [2.75, 3.05) is 47.4 Å². The minimum absolute atomic E-state index is 0.0619. The number of allylic oxidation sites excluding steroid dienone is 2. The van der Waals surface area contributed by atoms with Gasteiger partial charge in [-0.05, 0) is 18.4 Å². The molecule has 1 aliphatic rings. The van der Waals surface area contributed by atoms with E-state index in [2.05, 4.69) is 10.1 Å². The molecule has 0 saturated carbocycles. The van der Waals surface area contributed by atoms with Gasteiger partial charge >= 0.3 is 12.6 Å². The SMILES string of the molecule is C[N+](C)(C)C(COC(F)F)C(O)CNCC(=O)OCC1=CCCC=C1. The number of alkyl halides is 2. The van der Waals surface area contributed by atoms with Crippen LogP contribution in [0, 0.1) is 0 Å². The van der Waals surface area contributed by atoms with Gasteiger partial charge in [-0.3, -0.25) is 4.79 Å². The minimum atomic E-state index is -2.88. The van der Waals surface area contributed by atoms with Crippen LogP contribution < -0.4 is 5.32 Å². The van der Waals surface area contributed by atoms with Gasteiger partial charge in [0.25, 0.3) is 0 Å². The summed E-state index contributed by atoms with van der Waals surface area (Å²) < 4.78 is 34.2. The second kappa shape index (κ2) is 10.6. The number of halogens is 2. The Morgan fingerprint density at radius 2 is 2.08 bits per heavy atom. The van der Waals surface area contributed by atoms with Crippen LogP contribution in [0.15, 0.2) is 23.8 Å². The lowest BCUT2D eigenvalue weighted by Crippen LogP contribution is -2.57. The number of esters is 1. The molecule has 0 aromatic heterocycles. The number of hydrogen-bond donors (Lipinski definition) is 2.